The maximum absolute atomic E-state index is 12.2. The van der Waals surface area contributed by atoms with Gasteiger partial charge >= 0.3 is 5.76 Å². The minimum atomic E-state index is -0.503. The second-order valence-corrected chi connectivity index (χ2v) is 4.27. The molecule has 2 aromatic rings. The molecular formula is C12H13N3O3. The van der Waals surface area contributed by atoms with Crippen molar-refractivity contribution in [2.45, 2.75) is 0 Å². The van der Waals surface area contributed by atoms with Crippen LogP contribution < -0.4 is 11.1 Å². The largest absolute Gasteiger partial charge is 0.417 e. The van der Waals surface area contributed by atoms with E-state index in [0.717, 1.165) is 13.1 Å². The van der Waals surface area contributed by atoms with Gasteiger partial charge in [-0.1, -0.05) is 0 Å². The van der Waals surface area contributed by atoms with E-state index in [9.17, 15) is 9.59 Å². The van der Waals surface area contributed by atoms with Crippen molar-refractivity contribution in [1.29, 1.82) is 0 Å². The fourth-order valence-corrected chi connectivity index (χ4v) is 2.13. The average molecular weight is 247 g/mol. The van der Waals surface area contributed by atoms with Crippen molar-refractivity contribution >= 4 is 17.0 Å². The van der Waals surface area contributed by atoms with Crippen LogP contribution in [0, 0.1) is 0 Å². The zero-order chi connectivity index (χ0) is 12.5. The summed E-state index contributed by atoms with van der Waals surface area (Å²) < 4.78 is 4.95. The van der Waals surface area contributed by atoms with E-state index < -0.39 is 5.76 Å². The number of hydrogen-bond donors (Lipinski definition) is 2. The topological polar surface area (TPSA) is 78.3 Å². The molecule has 94 valence electrons. The molecule has 0 atom stereocenters. The fraction of sp³-hybridized carbons (Fsp3) is 0.333. The summed E-state index contributed by atoms with van der Waals surface area (Å²) in [6, 6.07) is 5.01. The third kappa shape index (κ3) is 1.91. The lowest BCUT2D eigenvalue weighted by Crippen LogP contribution is -2.46. The number of H-pyrrole nitrogens is 1. The van der Waals surface area contributed by atoms with E-state index in [1.807, 2.05) is 0 Å². The highest BCUT2D eigenvalue weighted by Crippen LogP contribution is 2.14. The average Bonchev–Trinajstić information content (AvgIpc) is 2.78. The zero-order valence-electron chi connectivity index (χ0n) is 9.73. The highest BCUT2D eigenvalue weighted by atomic mass is 16.4. The Balaban J connectivity index is 1.92. The molecule has 0 unspecified atom stereocenters. The normalized spacial score (nSPS) is 16.1. The first-order valence-corrected chi connectivity index (χ1v) is 5.87. The van der Waals surface area contributed by atoms with Crippen molar-refractivity contribution in [2.75, 3.05) is 26.2 Å². The van der Waals surface area contributed by atoms with Gasteiger partial charge in [0.2, 0.25) is 0 Å². The predicted molar refractivity (Wildman–Crippen MR) is 65.6 cm³/mol. The van der Waals surface area contributed by atoms with E-state index in [0.29, 0.717) is 29.8 Å². The van der Waals surface area contributed by atoms with Crippen LogP contribution in [0.1, 0.15) is 10.4 Å². The van der Waals surface area contributed by atoms with E-state index >= 15 is 0 Å². The Morgan fingerprint density at radius 3 is 2.83 bits per heavy atom. The van der Waals surface area contributed by atoms with Crippen LogP contribution in [0.4, 0.5) is 0 Å². The Labute approximate surface area is 103 Å². The number of benzene rings is 1. The van der Waals surface area contributed by atoms with Crippen LogP contribution in [-0.2, 0) is 0 Å². The number of carbonyl (C=O) groups excluding carboxylic acids is 1. The lowest BCUT2D eigenvalue weighted by molar-refractivity contribution is 0.0736. The van der Waals surface area contributed by atoms with Crippen LogP contribution in [0.5, 0.6) is 0 Å². The third-order valence-electron chi connectivity index (χ3n) is 3.07. The molecule has 2 N–H and O–H groups in total. The van der Waals surface area contributed by atoms with Crippen molar-refractivity contribution in [3.8, 4) is 0 Å². The number of hydrogen-bond acceptors (Lipinski definition) is 4. The van der Waals surface area contributed by atoms with Crippen LogP contribution in [0.3, 0.4) is 0 Å². The van der Waals surface area contributed by atoms with Gasteiger partial charge in [0.05, 0.1) is 5.52 Å². The summed E-state index contributed by atoms with van der Waals surface area (Å²) in [5, 5.41) is 3.20. The number of fused-ring (bicyclic) bond motifs is 1. The number of nitrogens with one attached hydrogen (secondary N) is 2. The van der Waals surface area contributed by atoms with Gasteiger partial charge in [-0.3, -0.25) is 9.78 Å². The summed E-state index contributed by atoms with van der Waals surface area (Å²) in [5.74, 6) is -0.529. The van der Waals surface area contributed by atoms with E-state index in [1.54, 1.807) is 23.1 Å². The van der Waals surface area contributed by atoms with Gasteiger partial charge in [0.25, 0.3) is 5.91 Å². The molecule has 6 heteroatoms. The number of amides is 1. The molecule has 18 heavy (non-hydrogen) atoms. The lowest BCUT2D eigenvalue weighted by atomic mass is 10.1. The molecule has 0 spiro atoms. The Morgan fingerprint density at radius 1 is 1.28 bits per heavy atom. The van der Waals surface area contributed by atoms with Gasteiger partial charge in [0.15, 0.2) is 5.58 Å². The summed E-state index contributed by atoms with van der Waals surface area (Å²) in [6.45, 7) is 3.03. The molecule has 0 aliphatic carbocycles. The number of carbonyl (C=O) groups is 1. The van der Waals surface area contributed by atoms with E-state index in [1.165, 1.54) is 0 Å². The number of nitrogens with zero attached hydrogens (tertiary/aromatic N) is 1. The monoisotopic (exact) mass is 247 g/mol. The van der Waals surface area contributed by atoms with Crippen molar-refractivity contribution in [2.24, 2.45) is 0 Å². The highest BCUT2D eigenvalue weighted by molar-refractivity contribution is 5.97. The molecule has 1 saturated heterocycles. The van der Waals surface area contributed by atoms with Crippen molar-refractivity contribution < 1.29 is 9.21 Å². The van der Waals surface area contributed by atoms with Gasteiger partial charge in [0.1, 0.15) is 0 Å². The molecule has 1 aromatic carbocycles. The van der Waals surface area contributed by atoms with Crippen molar-refractivity contribution in [1.82, 2.24) is 15.2 Å². The van der Waals surface area contributed by atoms with Crippen LogP contribution >= 0.6 is 0 Å². The van der Waals surface area contributed by atoms with E-state index in [-0.39, 0.29) is 5.91 Å². The summed E-state index contributed by atoms with van der Waals surface area (Å²) in [7, 11) is 0. The number of rotatable bonds is 1. The quantitative estimate of drug-likeness (QED) is 0.752. The van der Waals surface area contributed by atoms with Crippen LogP contribution in [0.25, 0.3) is 11.1 Å². The molecule has 1 aliphatic rings. The number of aromatic amines is 1. The van der Waals surface area contributed by atoms with Crippen LogP contribution in [0.2, 0.25) is 0 Å². The SMILES string of the molecule is O=C(c1ccc2[nH]c(=O)oc2c1)N1CCNCC1. The molecule has 6 nitrogen and oxygen atoms in total. The summed E-state index contributed by atoms with van der Waals surface area (Å²) in [4.78, 5) is 27.6. The standard InChI is InChI=1S/C12H13N3O3/c16-11(15-5-3-13-4-6-15)8-1-2-9-10(7-8)18-12(17)14-9/h1-2,7,13H,3-6H2,(H,14,17). The predicted octanol–water partition coefficient (Wildman–Crippen LogP) is 0.166. The van der Waals surface area contributed by atoms with Gasteiger partial charge in [-0.05, 0) is 18.2 Å². The first kappa shape index (κ1) is 11.0. The molecule has 3 rings (SSSR count). The fourth-order valence-electron chi connectivity index (χ4n) is 2.13. The first-order valence-electron chi connectivity index (χ1n) is 5.87. The molecule has 2 heterocycles. The summed E-state index contributed by atoms with van der Waals surface area (Å²) >= 11 is 0. The molecule has 0 bridgehead atoms. The molecule has 1 aromatic heterocycles. The van der Waals surface area contributed by atoms with Gasteiger partial charge in [-0.2, -0.15) is 0 Å². The molecular weight excluding hydrogens is 234 g/mol. The van der Waals surface area contributed by atoms with Gasteiger partial charge in [0, 0.05) is 31.7 Å². The van der Waals surface area contributed by atoms with Gasteiger partial charge in [-0.15, -0.1) is 0 Å². The van der Waals surface area contributed by atoms with Gasteiger partial charge in [-0.25, -0.2) is 4.79 Å². The van der Waals surface area contributed by atoms with Crippen LogP contribution in [0.15, 0.2) is 27.4 Å². The Hall–Kier alpha value is -2.08. The number of aromatic nitrogens is 1. The molecule has 1 aliphatic heterocycles. The van der Waals surface area contributed by atoms with Crippen molar-refractivity contribution in [3.63, 3.8) is 0 Å². The highest BCUT2D eigenvalue weighted by Gasteiger charge is 2.18. The number of piperazine rings is 1. The van der Waals surface area contributed by atoms with E-state index in [4.69, 9.17) is 4.42 Å². The maximum Gasteiger partial charge on any atom is 0.417 e. The van der Waals surface area contributed by atoms with Crippen molar-refractivity contribution in [3.05, 3.63) is 34.3 Å². The number of oxazole rings is 1. The van der Waals surface area contributed by atoms with E-state index in [2.05, 4.69) is 10.3 Å². The molecule has 1 fully saturated rings. The summed E-state index contributed by atoms with van der Waals surface area (Å²) in [5.41, 5.74) is 1.57. The summed E-state index contributed by atoms with van der Waals surface area (Å²) in [6.07, 6.45) is 0. The van der Waals surface area contributed by atoms with Gasteiger partial charge < -0.3 is 14.6 Å². The second-order valence-electron chi connectivity index (χ2n) is 4.27. The lowest BCUT2D eigenvalue weighted by Gasteiger charge is -2.27. The third-order valence-corrected chi connectivity index (χ3v) is 3.07. The minimum Gasteiger partial charge on any atom is -0.408 e. The Kier molecular flexibility index (Phi) is 2.64. The Bertz CT molecular complexity index is 637. The first-order chi connectivity index (χ1) is 8.74. The van der Waals surface area contributed by atoms with Crippen LogP contribution in [-0.4, -0.2) is 42.0 Å². The Morgan fingerprint density at radius 2 is 2.06 bits per heavy atom. The minimum absolute atomic E-state index is 0.0257. The molecule has 1 amide bonds. The second kappa shape index (κ2) is 4.30. The molecule has 0 radical (unpaired) electrons. The maximum atomic E-state index is 12.2. The zero-order valence-corrected chi connectivity index (χ0v) is 9.73. The molecule has 0 saturated carbocycles. The smallest absolute Gasteiger partial charge is 0.408 e.